The van der Waals surface area contributed by atoms with E-state index >= 15 is 0 Å². The summed E-state index contributed by atoms with van der Waals surface area (Å²) in [5.41, 5.74) is 5.00. The lowest BCUT2D eigenvalue weighted by Gasteiger charge is -2.22. The van der Waals surface area contributed by atoms with Crippen LogP contribution in [-0.4, -0.2) is 51.9 Å². The van der Waals surface area contributed by atoms with Crippen molar-refractivity contribution in [2.24, 2.45) is 11.8 Å². The van der Waals surface area contributed by atoms with E-state index in [2.05, 4.69) is 26.1 Å². The molecule has 0 radical (unpaired) electrons. The van der Waals surface area contributed by atoms with E-state index in [1.807, 2.05) is 6.92 Å². The zero-order valence-corrected chi connectivity index (χ0v) is 17.6. The number of rotatable bonds is 12. The van der Waals surface area contributed by atoms with E-state index in [1.165, 1.54) is 11.8 Å². The number of carbonyl (C=O) groups excluding carboxylic acids is 2. The fourth-order valence-electron chi connectivity index (χ4n) is 3.37. The Hall–Kier alpha value is -2.14. The third kappa shape index (κ3) is 7.00. The number of carbonyl (C=O) groups is 2. The van der Waals surface area contributed by atoms with Crippen molar-refractivity contribution in [1.82, 2.24) is 20.5 Å². The average Bonchev–Trinajstić information content (AvgIpc) is 3.24. The lowest BCUT2D eigenvalue weighted by Crippen LogP contribution is -2.41. The number of anilines is 2. The molecule has 1 atom stereocenters. The first kappa shape index (κ1) is 23.1. The van der Waals surface area contributed by atoms with Crippen molar-refractivity contribution in [3.8, 4) is 0 Å². The Bertz CT molecular complexity index is 690. The minimum atomic E-state index is -0.694. The summed E-state index contributed by atoms with van der Waals surface area (Å²) in [5, 5.41) is 13.3. The Kier molecular flexibility index (Phi) is 9.39. The highest BCUT2D eigenvalue weighted by Gasteiger charge is 2.27. The maximum Gasteiger partial charge on any atom is 0.243 e. The number of hydrogen-bond donors (Lipinski definition) is 4. The van der Waals surface area contributed by atoms with Crippen LogP contribution in [0.15, 0.2) is 5.16 Å². The summed E-state index contributed by atoms with van der Waals surface area (Å²) in [6, 6.07) is 0. The molecule has 162 valence electrons. The topological polar surface area (TPSA) is 119 Å². The minimum absolute atomic E-state index is 0.0629. The number of halogens is 1. The lowest BCUT2D eigenvalue weighted by atomic mass is 9.92. The van der Waals surface area contributed by atoms with Gasteiger partial charge in [-0.1, -0.05) is 44.4 Å². The highest BCUT2D eigenvalue weighted by Crippen LogP contribution is 2.30. The first-order valence-corrected chi connectivity index (χ1v) is 11.0. The monoisotopic (exact) mass is 428 g/mol. The first-order valence-electron chi connectivity index (χ1n) is 9.80. The third-order valence-electron chi connectivity index (χ3n) is 4.85. The van der Waals surface area contributed by atoms with Crippen molar-refractivity contribution in [3.63, 3.8) is 0 Å². The Balaban J connectivity index is 2.07. The molecule has 0 bridgehead atoms. The summed E-state index contributed by atoms with van der Waals surface area (Å²) in [4.78, 5) is 31.6. The van der Waals surface area contributed by atoms with Gasteiger partial charge >= 0.3 is 0 Å². The van der Waals surface area contributed by atoms with Gasteiger partial charge in [0.25, 0.3) is 0 Å². The number of aromatic nitrogens is 2. The predicted molar refractivity (Wildman–Crippen MR) is 109 cm³/mol. The van der Waals surface area contributed by atoms with E-state index in [0.717, 1.165) is 32.1 Å². The van der Waals surface area contributed by atoms with Crippen LogP contribution in [0.3, 0.4) is 0 Å². The predicted octanol–water partition coefficient (Wildman–Crippen LogP) is 2.65. The molecule has 1 aromatic rings. The van der Waals surface area contributed by atoms with Gasteiger partial charge in [0.05, 0.1) is 12.5 Å². The van der Waals surface area contributed by atoms with Crippen LogP contribution in [0.2, 0.25) is 0 Å². The number of nitrogens with zero attached hydrogens (tertiary/aromatic N) is 3. The fraction of sp³-hybridized carbons (Fsp3) is 0.667. The molecule has 0 aromatic carbocycles. The molecule has 29 heavy (non-hydrogen) atoms. The Morgan fingerprint density at radius 1 is 1.38 bits per heavy atom. The van der Waals surface area contributed by atoms with Gasteiger partial charge in [-0.15, -0.1) is 0 Å². The van der Waals surface area contributed by atoms with Crippen molar-refractivity contribution in [2.45, 2.75) is 50.6 Å². The quantitative estimate of drug-likeness (QED) is 0.132. The van der Waals surface area contributed by atoms with Crippen molar-refractivity contribution in [3.05, 3.63) is 5.82 Å². The average molecular weight is 429 g/mol. The standard InChI is InChI=1S/C18H29FN6O3S/c1-3-8-20-15-14(19)16(22-18(21-15)29-2)23-24-17(27)13(10-25(28)11-26)9-12-6-4-5-7-12/h11-13,28H,3-10H2,1-2H3,(H,24,27)(H2,20,21,22,23)/t13-/m0/s1. The maximum atomic E-state index is 14.7. The van der Waals surface area contributed by atoms with Crippen molar-refractivity contribution < 1.29 is 19.2 Å². The van der Waals surface area contributed by atoms with Gasteiger partial charge in [0.1, 0.15) is 0 Å². The van der Waals surface area contributed by atoms with Crippen molar-refractivity contribution in [2.75, 3.05) is 30.1 Å². The summed E-state index contributed by atoms with van der Waals surface area (Å²) in [6.45, 7) is 2.38. The SMILES string of the molecule is CCCNc1nc(SC)nc(NNC(=O)[C@@H](CC2CCCC2)CN(O)C=O)c1F. The molecule has 1 saturated carbocycles. The Morgan fingerprint density at radius 3 is 2.69 bits per heavy atom. The van der Waals surface area contributed by atoms with E-state index < -0.39 is 17.6 Å². The van der Waals surface area contributed by atoms with E-state index in [9.17, 15) is 19.2 Å². The van der Waals surface area contributed by atoms with E-state index in [0.29, 0.717) is 29.1 Å². The second kappa shape index (κ2) is 11.8. The molecule has 1 aliphatic carbocycles. The number of hydrogen-bond acceptors (Lipinski definition) is 8. The smallest absolute Gasteiger partial charge is 0.243 e. The molecule has 0 aliphatic heterocycles. The molecule has 0 saturated heterocycles. The van der Waals surface area contributed by atoms with Gasteiger partial charge < -0.3 is 5.32 Å². The molecule has 0 unspecified atom stereocenters. The number of hydrazine groups is 1. The van der Waals surface area contributed by atoms with Crippen LogP contribution in [0.5, 0.6) is 0 Å². The maximum absolute atomic E-state index is 14.7. The molecule has 9 nitrogen and oxygen atoms in total. The minimum Gasteiger partial charge on any atom is -0.367 e. The number of nitrogens with one attached hydrogen (secondary N) is 3. The van der Waals surface area contributed by atoms with E-state index in [-0.39, 0.29) is 24.6 Å². The summed E-state index contributed by atoms with van der Waals surface area (Å²) < 4.78 is 14.7. The fourth-order valence-corrected chi connectivity index (χ4v) is 3.73. The molecular formula is C18H29FN6O3S. The largest absolute Gasteiger partial charge is 0.367 e. The molecular weight excluding hydrogens is 399 g/mol. The van der Waals surface area contributed by atoms with Crippen molar-refractivity contribution in [1.29, 1.82) is 0 Å². The normalized spacial score (nSPS) is 15.0. The zero-order valence-electron chi connectivity index (χ0n) is 16.8. The summed E-state index contributed by atoms with van der Waals surface area (Å²) in [5.74, 6) is -1.47. The second-order valence-corrected chi connectivity index (χ2v) is 7.85. The summed E-state index contributed by atoms with van der Waals surface area (Å²) >= 11 is 1.25. The van der Waals surface area contributed by atoms with Crippen LogP contribution >= 0.6 is 11.8 Å². The zero-order chi connectivity index (χ0) is 21.2. The highest BCUT2D eigenvalue weighted by molar-refractivity contribution is 7.98. The molecule has 1 heterocycles. The lowest BCUT2D eigenvalue weighted by molar-refractivity contribution is -0.154. The van der Waals surface area contributed by atoms with Gasteiger partial charge in [-0.05, 0) is 25.0 Å². The Labute approximate surface area is 174 Å². The molecule has 2 rings (SSSR count). The van der Waals surface area contributed by atoms with Gasteiger partial charge in [0.2, 0.25) is 18.1 Å². The number of amides is 2. The van der Waals surface area contributed by atoms with Gasteiger partial charge in [-0.25, -0.2) is 15.0 Å². The van der Waals surface area contributed by atoms with Crippen LogP contribution < -0.4 is 16.2 Å². The molecule has 1 fully saturated rings. The number of hydroxylamine groups is 2. The summed E-state index contributed by atoms with van der Waals surface area (Å²) in [6.07, 6.45) is 7.66. The van der Waals surface area contributed by atoms with Crippen LogP contribution in [0.4, 0.5) is 16.0 Å². The van der Waals surface area contributed by atoms with Gasteiger partial charge in [-0.3, -0.25) is 25.6 Å². The van der Waals surface area contributed by atoms with E-state index in [4.69, 9.17) is 0 Å². The van der Waals surface area contributed by atoms with Gasteiger partial charge in [0, 0.05) is 6.54 Å². The molecule has 11 heteroatoms. The first-order chi connectivity index (χ1) is 14.0. The van der Waals surface area contributed by atoms with Gasteiger partial charge in [0.15, 0.2) is 16.8 Å². The highest BCUT2D eigenvalue weighted by atomic mass is 32.2. The van der Waals surface area contributed by atoms with Crippen LogP contribution in [-0.2, 0) is 9.59 Å². The van der Waals surface area contributed by atoms with Gasteiger partial charge in [-0.2, -0.15) is 4.39 Å². The Morgan fingerprint density at radius 2 is 2.07 bits per heavy atom. The van der Waals surface area contributed by atoms with Crippen molar-refractivity contribution >= 4 is 35.7 Å². The molecule has 1 aliphatic rings. The molecule has 0 spiro atoms. The van der Waals surface area contributed by atoms with Crippen LogP contribution in [0, 0.1) is 17.7 Å². The molecule has 1 aromatic heterocycles. The number of thioether (sulfide) groups is 1. The third-order valence-corrected chi connectivity index (χ3v) is 5.40. The molecule has 2 amide bonds. The van der Waals surface area contributed by atoms with Crippen LogP contribution in [0.1, 0.15) is 45.4 Å². The van der Waals surface area contributed by atoms with Crippen LogP contribution in [0.25, 0.3) is 0 Å². The second-order valence-electron chi connectivity index (χ2n) is 7.07. The summed E-state index contributed by atoms with van der Waals surface area (Å²) in [7, 11) is 0. The molecule has 4 N–H and O–H groups in total. The van der Waals surface area contributed by atoms with E-state index in [1.54, 1.807) is 6.26 Å².